The van der Waals surface area contributed by atoms with Gasteiger partial charge in [-0.05, 0) is 37.1 Å². The molecule has 144 valence electrons. The van der Waals surface area contributed by atoms with Crippen molar-refractivity contribution < 1.29 is 18.7 Å². The number of carbonyl (C=O) groups excluding carboxylic acids is 2. The van der Waals surface area contributed by atoms with Crippen molar-refractivity contribution in [3.05, 3.63) is 54.0 Å². The third-order valence-corrected chi connectivity index (χ3v) is 4.63. The number of methoxy groups -OCH3 is 1. The summed E-state index contributed by atoms with van der Waals surface area (Å²) in [5.74, 6) is 0.500. The lowest BCUT2D eigenvalue weighted by Crippen LogP contribution is -2.46. The van der Waals surface area contributed by atoms with E-state index in [-0.39, 0.29) is 24.5 Å². The molecule has 1 aromatic heterocycles. The molecule has 0 saturated carbocycles. The monoisotopic (exact) mass is 371 g/mol. The lowest BCUT2D eigenvalue weighted by Gasteiger charge is -2.34. The van der Waals surface area contributed by atoms with Gasteiger partial charge in [0.1, 0.15) is 12.4 Å². The zero-order chi connectivity index (χ0) is 19.1. The van der Waals surface area contributed by atoms with Crippen LogP contribution in [0.3, 0.4) is 0 Å². The number of amides is 2. The van der Waals surface area contributed by atoms with E-state index in [0.29, 0.717) is 17.9 Å². The number of para-hydroxylation sites is 1. The van der Waals surface area contributed by atoms with Gasteiger partial charge >= 0.3 is 0 Å². The van der Waals surface area contributed by atoms with E-state index < -0.39 is 0 Å². The fourth-order valence-corrected chi connectivity index (χ4v) is 3.28. The number of nitrogens with one attached hydrogen (secondary N) is 2. The van der Waals surface area contributed by atoms with Gasteiger partial charge < -0.3 is 24.7 Å². The fourth-order valence-electron chi connectivity index (χ4n) is 3.28. The molecule has 27 heavy (non-hydrogen) atoms. The number of anilines is 1. The van der Waals surface area contributed by atoms with Crippen molar-refractivity contribution in [3.63, 3.8) is 0 Å². The second-order valence-electron chi connectivity index (χ2n) is 6.54. The molecule has 7 nitrogen and oxygen atoms in total. The summed E-state index contributed by atoms with van der Waals surface area (Å²) >= 11 is 0. The summed E-state index contributed by atoms with van der Waals surface area (Å²) < 4.78 is 10.1. The van der Waals surface area contributed by atoms with Crippen molar-refractivity contribution in [1.82, 2.24) is 10.6 Å². The Morgan fingerprint density at radius 1 is 1.19 bits per heavy atom. The van der Waals surface area contributed by atoms with Crippen molar-refractivity contribution in [2.75, 3.05) is 31.7 Å². The lowest BCUT2D eigenvalue weighted by atomic mass is 10.0. The van der Waals surface area contributed by atoms with Crippen LogP contribution in [0.1, 0.15) is 29.0 Å². The maximum absolute atomic E-state index is 12.6. The molecule has 7 heteroatoms. The highest BCUT2D eigenvalue weighted by Crippen LogP contribution is 2.24. The first kappa shape index (κ1) is 19.0. The average molecular weight is 371 g/mol. The van der Waals surface area contributed by atoms with Crippen LogP contribution in [-0.4, -0.2) is 44.7 Å². The standard InChI is InChI=1S/C20H25N3O4/c1-26-14-19(24)22-15-8-10-23(11-9-15)18-7-3-2-6-17(18)20(25)21-13-16-5-4-12-27-16/h2-7,12,15H,8-11,13-14H2,1H3,(H,21,25)(H,22,24). The molecule has 0 unspecified atom stereocenters. The summed E-state index contributed by atoms with van der Waals surface area (Å²) in [4.78, 5) is 26.5. The van der Waals surface area contributed by atoms with Gasteiger partial charge in [-0.3, -0.25) is 9.59 Å². The highest BCUT2D eigenvalue weighted by atomic mass is 16.5. The van der Waals surface area contributed by atoms with Crippen LogP contribution in [0.5, 0.6) is 0 Å². The molecule has 1 aliphatic heterocycles. The lowest BCUT2D eigenvalue weighted by molar-refractivity contribution is -0.125. The molecule has 0 radical (unpaired) electrons. The summed E-state index contributed by atoms with van der Waals surface area (Å²) in [7, 11) is 1.51. The summed E-state index contributed by atoms with van der Waals surface area (Å²) in [6, 6.07) is 11.4. The Balaban J connectivity index is 1.59. The van der Waals surface area contributed by atoms with Gasteiger partial charge in [-0.25, -0.2) is 0 Å². The van der Waals surface area contributed by atoms with Crippen LogP contribution in [0, 0.1) is 0 Å². The minimum Gasteiger partial charge on any atom is -0.467 e. The van der Waals surface area contributed by atoms with Crippen LogP contribution < -0.4 is 15.5 Å². The highest BCUT2D eigenvalue weighted by Gasteiger charge is 2.23. The maximum atomic E-state index is 12.6. The summed E-state index contributed by atoms with van der Waals surface area (Å²) in [5.41, 5.74) is 1.56. The third kappa shape index (κ3) is 5.10. The minimum atomic E-state index is -0.127. The Morgan fingerprint density at radius 2 is 1.96 bits per heavy atom. The van der Waals surface area contributed by atoms with Crippen LogP contribution in [0.2, 0.25) is 0 Å². The van der Waals surface area contributed by atoms with Crippen LogP contribution in [-0.2, 0) is 16.1 Å². The molecule has 1 saturated heterocycles. The van der Waals surface area contributed by atoms with E-state index in [4.69, 9.17) is 9.15 Å². The predicted octanol–water partition coefficient (Wildman–Crippen LogP) is 1.94. The van der Waals surface area contributed by atoms with Crippen LogP contribution in [0.15, 0.2) is 47.1 Å². The van der Waals surface area contributed by atoms with Crippen molar-refractivity contribution >= 4 is 17.5 Å². The number of hydrogen-bond acceptors (Lipinski definition) is 5. The molecule has 0 spiro atoms. The minimum absolute atomic E-state index is 0.0822. The van der Waals surface area contributed by atoms with Gasteiger partial charge in [-0.15, -0.1) is 0 Å². The van der Waals surface area contributed by atoms with Crippen LogP contribution in [0.25, 0.3) is 0 Å². The van der Waals surface area contributed by atoms with E-state index >= 15 is 0 Å². The van der Waals surface area contributed by atoms with Crippen molar-refractivity contribution in [3.8, 4) is 0 Å². The molecule has 2 amide bonds. The second-order valence-corrected chi connectivity index (χ2v) is 6.54. The molecule has 2 heterocycles. The van der Waals surface area contributed by atoms with Gasteiger partial charge in [0, 0.05) is 31.9 Å². The Hall–Kier alpha value is -2.80. The van der Waals surface area contributed by atoms with Gasteiger partial charge in [0.05, 0.1) is 18.4 Å². The van der Waals surface area contributed by atoms with Crippen molar-refractivity contribution in [2.24, 2.45) is 0 Å². The van der Waals surface area contributed by atoms with E-state index in [2.05, 4.69) is 15.5 Å². The average Bonchev–Trinajstić information content (AvgIpc) is 3.20. The van der Waals surface area contributed by atoms with Gasteiger partial charge in [-0.2, -0.15) is 0 Å². The van der Waals surface area contributed by atoms with E-state index in [0.717, 1.165) is 31.6 Å². The Bertz CT molecular complexity index is 752. The first-order valence-corrected chi connectivity index (χ1v) is 9.10. The van der Waals surface area contributed by atoms with Gasteiger partial charge in [0.25, 0.3) is 5.91 Å². The maximum Gasteiger partial charge on any atom is 0.253 e. The smallest absolute Gasteiger partial charge is 0.253 e. The molecule has 2 aromatic rings. The zero-order valence-electron chi connectivity index (χ0n) is 15.4. The highest BCUT2D eigenvalue weighted by molar-refractivity contribution is 5.99. The number of hydrogen-bond donors (Lipinski definition) is 2. The number of furan rings is 1. The Morgan fingerprint density at radius 3 is 2.67 bits per heavy atom. The summed E-state index contributed by atoms with van der Waals surface area (Å²) in [6.45, 7) is 1.99. The first-order valence-electron chi connectivity index (χ1n) is 9.10. The van der Waals surface area contributed by atoms with Crippen LogP contribution >= 0.6 is 0 Å². The number of carbonyl (C=O) groups is 2. The third-order valence-electron chi connectivity index (χ3n) is 4.63. The van der Waals surface area contributed by atoms with Gasteiger partial charge in [-0.1, -0.05) is 12.1 Å². The normalized spacial score (nSPS) is 14.8. The number of rotatable bonds is 7. The number of nitrogens with zero attached hydrogens (tertiary/aromatic N) is 1. The molecule has 3 rings (SSSR count). The largest absolute Gasteiger partial charge is 0.467 e. The predicted molar refractivity (Wildman–Crippen MR) is 102 cm³/mol. The molecule has 1 aliphatic rings. The number of benzene rings is 1. The topological polar surface area (TPSA) is 83.8 Å². The second kappa shape index (κ2) is 9.23. The number of ether oxygens (including phenoxy) is 1. The molecule has 0 bridgehead atoms. The molecular weight excluding hydrogens is 346 g/mol. The molecular formula is C20H25N3O4. The van der Waals surface area contributed by atoms with Gasteiger partial charge in [0.15, 0.2) is 0 Å². The van der Waals surface area contributed by atoms with Crippen LogP contribution in [0.4, 0.5) is 5.69 Å². The van der Waals surface area contributed by atoms with Crippen molar-refractivity contribution in [2.45, 2.75) is 25.4 Å². The SMILES string of the molecule is COCC(=O)NC1CCN(c2ccccc2C(=O)NCc2ccco2)CC1. The molecule has 2 N–H and O–H groups in total. The molecule has 1 aromatic carbocycles. The number of piperidine rings is 1. The van der Waals surface area contributed by atoms with E-state index in [1.807, 2.05) is 30.3 Å². The molecule has 1 fully saturated rings. The quantitative estimate of drug-likeness (QED) is 0.777. The first-order chi connectivity index (χ1) is 13.2. The Kier molecular flexibility index (Phi) is 6.49. The fraction of sp³-hybridized carbons (Fsp3) is 0.400. The Labute approximate surface area is 158 Å². The van der Waals surface area contributed by atoms with Crippen molar-refractivity contribution in [1.29, 1.82) is 0 Å². The van der Waals surface area contributed by atoms with Gasteiger partial charge in [0.2, 0.25) is 5.91 Å². The molecule has 0 atom stereocenters. The summed E-state index contributed by atoms with van der Waals surface area (Å²) in [6.07, 6.45) is 3.25. The van der Waals surface area contributed by atoms with E-state index in [9.17, 15) is 9.59 Å². The van der Waals surface area contributed by atoms with E-state index in [1.165, 1.54) is 7.11 Å². The summed E-state index contributed by atoms with van der Waals surface area (Å²) in [5, 5.41) is 5.88. The van der Waals surface area contributed by atoms with E-state index in [1.54, 1.807) is 12.3 Å². The molecule has 0 aliphatic carbocycles. The zero-order valence-corrected chi connectivity index (χ0v) is 15.4.